The number of carbonyl (C=O) groups excluding carboxylic acids is 3. The molecule has 2 aromatic carbocycles. The van der Waals surface area contributed by atoms with E-state index in [9.17, 15) is 24.3 Å². The van der Waals surface area contributed by atoms with E-state index in [0.29, 0.717) is 6.42 Å². The zero-order chi connectivity index (χ0) is 37.1. The number of hydrogen-bond donors (Lipinski definition) is 3. The predicted molar refractivity (Wildman–Crippen MR) is 205 cm³/mol. The van der Waals surface area contributed by atoms with Gasteiger partial charge in [-0.1, -0.05) is 161 Å². The lowest BCUT2D eigenvalue weighted by molar-refractivity contribution is -0.161. The van der Waals surface area contributed by atoms with E-state index in [2.05, 4.69) is 36.5 Å². The molecule has 0 fully saturated rings. The Morgan fingerprint density at radius 3 is 1.82 bits per heavy atom. The quantitative estimate of drug-likeness (QED) is 0.0890. The van der Waals surface area contributed by atoms with Crippen LogP contribution in [0.4, 0.5) is 0 Å². The van der Waals surface area contributed by atoms with Crippen LogP contribution < -0.4 is 11.1 Å². The van der Waals surface area contributed by atoms with Crippen LogP contribution in [-0.2, 0) is 19.2 Å². The highest BCUT2D eigenvalue weighted by atomic mass is 16.4. The number of benzene rings is 2. The molecule has 4 N–H and O–H groups in total. The van der Waals surface area contributed by atoms with E-state index in [-0.39, 0.29) is 24.2 Å². The summed E-state index contributed by atoms with van der Waals surface area (Å²) < 4.78 is 0. The first-order chi connectivity index (χ1) is 23.9. The molecule has 0 saturated carbocycles. The van der Waals surface area contributed by atoms with Crippen molar-refractivity contribution in [3.05, 3.63) is 48.0 Å². The summed E-state index contributed by atoms with van der Waals surface area (Å²) in [6.07, 6.45) is 17.8. The number of fused-ring (bicyclic) bond motifs is 1. The van der Waals surface area contributed by atoms with Crippen molar-refractivity contribution in [2.75, 3.05) is 0 Å². The summed E-state index contributed by atoms with van der Waals surface area (Å²) in [4.78, 5) is 53.9. The van der Waals surface area contributed by atoms with Gasteiger partial charge in [0.1, 0.15) is 12.1 Å². The Balaban J connectivity index is 2.08. The first-order valence-corrected chi connectivity index (χ1v) is 19.5. The summed E-state index contributed by atoms with van der Waals surface area (Å²) in [6.45, 7) is 10.9. The molecule has 3 amide bonds. The maximum atomic E-state index is 13.8. The lowest BCUT2D eigenvalue weighted by Crippen LogP contribution is -2.60. The summed E-state index contributed by atoms with van der Waals surface area (Å²) >= 11 is 0. The average Bonchev–Trinajstić information content (AvgIpc) is 3.07. The van der Waals surface area contributed by atoms with Crippen LogP contribution in [-0.4, -0.2) is 51.8 Å². The van der Waals surface area contributed by atoms with Gasteiger partial charge >= 0.3 is 5.97 Å². The topological polar surface area (TPSA) is 130 Å². The van der Waals surface area contributed by atoms with Gasteiger partial charge in [0, 0.05) is 6.42 Å². The van der Waals surface area contributed by atoms with Gasteiger partial charge in [-0.2, -0.15) is 0 Å². The maximum Gasteiger partial charge on any atom is 0.327 e. The van der Waals surface area contributed by atoms with E-state index in [4.69, 9.17) is 5.73 Å². The van der Waals surface area contributed by atoms with Gasteiger partial charge in [0.2, 0.25) is 11.8 Å². The number of carbonyl (C=O) groups is 4. The van der Waals surface area contributed by atoms with E-state index in [1.165, 1.54) is 77.6 Å². The number of carboxylic acid groups (broad SMARTS) is 1. The highest BCUT2D eigenvalue weighted by Crippen LogP contribution is 2.32. The Morgan fingerprint density at radius 1 is 0.740 bits per heavy atom. The number of imide groups is 1. The van der Waals surface area contributed by atoms with Gasteiger partial charge in [0.25, 0.3) is 5.91 Å². The SMILES string of the molecule is CCCCCCCCCCCCCCCC(CC(=O)NC(C)C(=O)N(C(=O)C(N)CC(C)C)C(C(=O)O)C(C)C)c1cccc2ccccc12. The second-order valence-electron chi connectivity index (χ2n) is 15.1. The van der Waals surface area contributed by atoms with Gasteiger partial charge in [-0.3, -0.25) is 19.3 Å². The summed E-state index contributed by atoms with van der Waals surface area (Å²) in [7, 11) is 0. The normalized spacial score (nSPS) is 14.0. The van der Waals surface area contributed by atoms with Crippen LogP contribution in [0.3, 0.4) is 0 Å². The van der Waals surface area contributed by atoms with E-state index in [1.807, 2.05) is 32.0 Å². The summed E-state index contributed by atoms with van der Waals surface area (Å²) in [5.41, 5.74) is 7.28. The fourth-order valence-electron chi connectivity index (χ4n) is 7.04. The monoisotopic (exact) mass is 694 g/mol. The standard InChI is InChI=1S/C42H67N3O5/c1-7-8-9-10-11-12-13-14-15-16-17-18-19-24-34(36-27-22-25-33-23-20-21-26-35(33)36)29-38(46)44-32(6)40(47)45(39(31(4)5)42(49)50)41(48)37(43)28-30(2)3/h20-23,25-27,30-32,34,37,39H,7-19,24,28-29,43H2,1-6H3,(H,44,46)(H,49,50). The lowest BCUT2D eigenvalue weighted by atomic mass is 9.86. The highest BCUT2D eigenvalue weighted by molar-refractivity contribution is 6.04. The van der Waals surface area contributed by atoms with E-state index < -0.39 is 41.8 Å². The van der Waals surface area contributed by atoms with Crippen LogP contribution >= 0.6 is 0 Å². The third-order valence-electron chi connectivity index (χ3n) is 9.78. The van der Waals surface area contributed by atoms with Crippen molar-refractivity contribution < 1.29 is 24.3 Å². The van der Waals surface area contributed by atoms with Crippen LogP contribution in [0.25, 0.3) is 10.8 Å². The third kappa shape index (κ3) is 14.5. The Kier molecular flexibility index (Phi) is 20.0. The second kappa shape index (κ2) is 23.3. The zero-order valence-corrected chi connectivity index (χ0v) is 31.9. The lowest BCUT2D eigenvalue weighted by Gasteiger charge is -2.34. The molecule has 8 heteroatoms. The number of carboxylic acids is 1. The molecule has 0 radical (unpaired) electrons. The minimum absolute atomic E-state index is 0.0595. The molecule has 2 aromatic rings. The van der Waals surface area contributed by atoms with Crippen molar-refractivity contribution in [1.82, 2.24) is 10.2 Å². The van der Waals surface area contributed by atoms with Gasteiger partial charge in [-0.15, -0.1) is 0 Å². The van der Waals surface area contributed by atoms with Crippen LogP contribution in [0.15, 0.2) is 42.5 Å². The van der Waals surface area contributed by atoms with Crippen molar-refractivity contribution in [2.24, 2.45) is 17.6 Å². The van der Waals surface area contributed by atoms with Crippen molar-refractivity contribution in [3.8, 4) is 0 Å². The Labute approximate surface area is 302 Å². The fourth-order valence-corrected chi connectivity index (χ4v) is 7.04. The Hall–Kier alpha value is -3.26. The molecule has 4 unspecified atom stereocenters. The van der Waals surface area contributed by atoms with Gasteiger partial charge in [-0.25, -0.2) is 4.79 Å². The summed E-state index contributed by atoms with van der Waals surface area (Å²) in [5.74, 6) is -3.63. The zero-order valence-electron chi connectivity index (χ0n) is 31.9. The molecule has 0 aliphatic rings. The number of unbranched alkanes of at least 4 members (excludes halogenated alkanes) is 12. The molecule has 0 aliphatic heterocycles. The maximum absolute atomic E-state index is 13.8. The van der Waals surface area contributed by atoms with Crippen molar-refractivity contribution >= 4 is 34.5 Å². The number of hydrogen-bond acceptors (Lipinski definition) is 5. The Bertz CT molecular complexity index is 1320. The number of aliphatic carboxylic acids is 1. The minimum atomic E-state index is -1.40. The summed E-state index contributed by atoms with van der Waals surface area (Å²) in [5, 5.41) is 15.1. The van der Waals surface area contributed by atoms with Crippen LogP contribution in [0.1, 0.15) is 156 Å². The van der Waals surface area contributed by atoms with Crippen LogP contribution in [0, 0.1) is 11.8 Å². The van der Waals surface area contributed by atoms with E-state index in [0.717, 1.165) is 40.5 Å². The molecule has 0 spiro atoms. The number of rotatable bonds is 25. The molecule has 0 saturated heterocycles. The molecular weight excluding hydrogens is 626 g/mol. The molecule has 8 nitrogen and oxygen atoms in total. The molecule has 280 valence electrons. The molecule has 4 atom stereocenters. The second-order valence-corrected chi connectivity index (χ2v) is 15.1. The fraction of sp³-hybridized carbons (Fsp3) is 0.667. The van der Waals surface area contributed by atoms with Crippen LogP contribution in [0.5, 0.6) is 0 Å². The average molecular weight is 694 g/mol. The molecule has 0 bridgehead atoms. The third-order valence-corrected chi connectivity index (χ3v) is 9.78. The molecular formula is C42H67N3O5. The van der Waals surface area contributed by atoms with Gasteiger partial charge in [0.15, 0.2) is 0 Å². The smallest absolute Gasteiger partial charge is 0.327 e. The van der Waals surface area contributed by atoms with E-state index in [1.54, 1.807) is 13.8 Å². The summed E-state index contributed by atoms with van der Waals surface area (Å²) in [6, 6.07) is 10.8. The number of amides is 3. The molecule has 0 aliphatic carbocycles. The van der Waals surface area contributed by atoms with Gasteiger partial charge in [0.05, 0.1) is 6.04 Å². The van der Waals surface area contributed by atoms with Gasteiger partial charge < -0.3 is 16.2 Å². The number of nitrogens with two attached hydrogens (primary N) is 1. The molecule has 0 aromatic heterocycles. The van der Waals surface area contributed by atoms with Gasteiger partial charge in [-0.05, 0) is 53.9 Å². The minimum Gasteiger partial charge on any atom is -0.480 e. The van der Waals surface area contributed by atoms with Crippen molar-refractivity contribution in [3.63, 3.8) is 0 Å². The first-order valence-electron chi connectivity index (χ1n) is 19.5. The number of nitrogens with one attached hydrogen (secondary N) is 1. The van der Waals surface area contributed by atoms with Crippen molar-refractivity contribution in [1.29, 1.82) is 0 Å². The van der Waals surface area contributed by atoms with Crippen LogP contribution in [0.2, 0.25) is 0 Å². The van der Waals surface area contributed by atoms with Crippen molar-refractivity contribution in [2.45, 2.75) is 168 Å². The molecule has 0 heterocycles. The predicted octanol–water partition coefficient (Wildman–Crippen LogP) is 9.14. The first kappa shape index (κ1) is 42.9. The largest absolute Gasteiger partial charge is 0.480 e. The molecule has 2 rings (SSSR count). The highest BCUT2D eigenvalue weighted by Gasteiger charge is 2.41. The Morgan fingerprint density at radius 2 is 1.28 bits per heavy atom. The molecule has 50 heavy (non-hydrogen) atoms. The van der Waals surface area contributed by atoms with E-state index >= 15 is 0 Å². The number of nitrogens with zero attached hydrogens (tertiary/aromatic N) is 1.